The lowest BCUT2D eigenvalue weighted by molar-refractivity contribution is 0.0130. The summed E-state index contributed by atoms with van der Waals surface area (Å²) in [6, 6.07) is 5.62. The van der Waals surface area contributed by atoms with E-state index in [0.29, 0.717) is 29.3 Å². The highest BCUT2D eigenvalue weighted by Gasteiger charge is 2.18. The number of carbonyl (C=O) groups excluding carboxylic acids is 1. The average molecular weight is 283 g/mol. The summed E-state index contributed by atoms with van der Waals surface area (Å²) >= 11 is 6.15. The number of hydrogen-bond donors (Lipinski definition) is 2. The van der Waals surface area contributed by atoms with Crippen LogP contribution in [0.3, 0.4) is 0 Å². The third-order valence-corrected chi connectivity index (χ3v) is 3.76. The molecule has 104 valence electrons. The molecule has 19 heavy (non-hydrogen) atoms. The van der Waals surface area contributed by atoms with Crippen LogP contribution in [0, 0.1) is 0 Å². The van der Waals surface area contributed by atoms with Crippen molar-refractivity contribution in [1.29, 1.82) is 0 Å². The number of nitrogens with one attached hydrogen (secondary N) is 1. The lowest BCUT2D eigenvalue weighted by Gasteiger charge is -2.28. The average Bonchev–Trinajstić information content (AvgIpc) is 2.37. The third-order valence-electron chi connectivity index (χ3n) is 3.40. The largest absolute Gasteiger partial charge is 0.378 e. The van der Waals surface area contributed by atoms with Gasteiger partial charge in [-0.3, -0.25) is 4.79 Å². The highest BCUT2D eigenvalue weighted by atomic mass is 35.5. The Labute approximate surface area is 118 Å². The summed E-state index contributed by atoms with van der Waals surface area (Å²) < 4.78 is 5.51. The van der Waals surface area contributed by atoms with E-state index in [9.17, 15) is 4.79 Å². The Morgan fingerprint density at radius 2 is 2.37 bits per heavy atom. The van der Waals surface area contributed by atoms with Gasteiger partial charge in [0.05, 0.1) is 6.10 Å². The van der Waals surface area contributed by atoms with E-state index in [-0.39, 0.29) is 0 Å². The fraction of sp³-hybridized carbons (Fsp3) is 0.500. The Morgan fingerprint density at radius 1 is 1.58 bits per heavy atom. The van der Waals surface area contributed by atoms with Crippen LogP contribution in [0.5, 0.6) is 0 Å². The summed E-state index contributed by atoms with van der Waals surface area (Å²) in [5, 5.41) is 4.05. The molecule has 1 aromatic carbocycles. The van der Waals surface area contributed by atoms with Gasteiger partial charge in [0.1, 0.15) is 0 Å². The Hall–Kier alpha value is -1.10. The van der Waals surface area contributed by atoms with Crippen LogP contribution in [0.15, 0.2) is 18.2 Å². The molecule has 1 amide bonds. The predicted octanol–water partition coefficient (Wildman–Crippen LogP) is 2.10. The van der Waals surface area contributed by atoms with Crippen molar-refractivity contribution >= 4 is 17.5 Å². The number of nitrogens with two attached hydrogens (primary N) is 1. The summed E-state index contributed by atoms with van der Waals surface area (Å²) in [7, 11) is 0. The first-order chi connectivity index (χ1) is 9.06. The molecule has 4 nitrogen and oxygen atoms in total. The van der Waals surface area contributed by atoms with Crippen molar-refractivity contribution in [3.8, 4) is 0 Å². The van der Waals surface area contributed by atoms with Gasteiger partial charge >= 0.3 is 0 Å². The van der Waals surface area contributed by atoms with Crippen molar-refractivity contribution in [2.75, 3.05) is 6.61 Å². The van der Waals surface area contributed by atoms with Crippen molar-refractivity contribution in [2.45, 2.75) is 38.5 Å². The maximum Gasteiger partial charge on any atom is 0.248 e. The quantitative estimate of drug-likeness (QED) is 0.889. The smallest absolute Gasteiger partial charge is 0.248 e. The van der Waals surface area contributed by atoms with Crippen molar-refractivity contribution in [2.24, 2.45) is 5.73 Å². The summed E-state index contributed by atoms with van der Waals surface area (Å²) in [6.07, 6.45) is 2.33. The summed E-state index contributed by atoms with van der Waals surface area (Å²) in [5.41, 5.74) is 6.63. The van der Waals surface area contributed by atoms with Crippen LogP contribution in [-0.4, -0.2) is 24.7 Å². The van der Waals surface area contributed by atoms with E-state index in [1.165, 1.54) is 0 Å². The minimum Gasteiger partial charge on any atom is -0.378 e. The second-order valence-electron chi connectivity index (χ2n) is 4.95. The van der Waals surface area contributed by atoms with Crippen LogP contribution >= 0.6 is 11.6 Å². The normalized spacial score (nSPS) is 23.3. The molecule has 2 rings (SSSR count). The van der Waals surface area contributed by atoms with Crippen LogP contribution in [0.25, 0.3) is 0 Å². The number of primary amides is 1. The van der Waals surface area contributed by atoms with E-state index in [1.54, 1.807) is 12.1 Å². The SMILES string of the molecule is CC1CC(NCc2ccc(C(N)=O)cc2Cl)CCO1. The number of carbonyl (C=O) groups is 1. The second-order valence-corrected chi connectivity index (χ2v) is 5.36. The molecule has 1 aromatic rings. The lowest BCUT2D eigenvalue weighted by Crippen LogP contribution is -2.37. The molecule has 3 N–H and O–H groups in total. The van der Waals surface area contributed by atoms with Crippen LogP contribution in [0.4, 0.5) is 0 Å². The summed E-state index contributed by atoms with van der Waals surface area (Å²) in [6.45, 7) is 3.57. The van der Waals surface area contributed by atoms with Crippen molar-refractivity contribution < 1.29 is 9.53 Å². The maximum absolute atomic E-state index is 11.0. The van der Waals surface area contributed by atoms with E-state index < -0.39 is 5.91 Å². The first kappa shape index (κ1) is 14.3. The van der Waals surface area contributed by atoms with Gasteiger partial charge < -0.3 is 15.8 Å². The van der Waals surface area contributed by atoms with Crippen molar-refractivity contribution in [3.63, 3.8) is 0 Å². The maximum atomic E-state index is 11.0. The van der Waals surface area contributed by atoms with E-state index in [2.05, 4.69) is 12.2 Å². The molecule has 0 bridgehead atoms. The molecule has 2 atom stereocenters. The number of benzene rings is 1. The molecule has 0 saturated carbocycles. The molecular formula is C14H19ClN2O2. The first-order valence-electron chi connectivity index (χ1n) is 6.49. The molecule has 1 saturated heterocycles. The minimum atomic E-state index is -0.459. The minimum absolute atomic E-state index is 0.305. The molecular weight excluding hydrogens is 264 g/mol. The number of hydrogen-bond acceptors (Lipinski definition) is 3. The van der Waals surface area contributed by atoms with Crippen LogP contribution in [0.1, 0.15) is 35.7 Å². The molecule has 1 fully saturated rings. The molecule has 1 aliphatic heterocycles. The Kier molecular flexibility index (Phi) is 4.80. The lowest BCUT2D eigenvalue weighted by atomic mass is 10.0. The molecule has 0 spiro atoms. The zero-order valence-electron chi connectivity index (χ0n) is 11.0. The fourth-order valence-electron chi connectivity index (χ4n) is 2.28. The van der Waals surface area contributed by atoms with Gasteiger partial charge in [-0.25, -0.2) is 0 Å². The standard InChI is InChI=1S/C14H19ClN2O2/c1-9-6-12(4-5-19-9)17-8-11-3-2-10(14(16)18)7-13(11)15/h2-3,7,9,12,17H,4-6,8H2,1H3,(H2,16,18). The monoisotopic (exact) mass is 282 g/mol. The molecule has 1 heterocycles. The van der Waals surface area contributed by atoms with Gasteiger partial charge in [0.25, 0.3) is 0 Å². The Bertz CT molecular complexity index is 465. The Morgan fingerprint density at radius 3 is 3.00 bits per heavy atom. The van der Waals surface area contributed by atoms with Crippen LogP contribution < -0.4 is 11.1 Å². The summed E-state index contributed by atoms with van der Waals surface area (Å²) in [5.74, 6) is -0.459. The molecule has 0 aromatic heterocycles. The van der Waals surface area contributed by atoms with Crippen LogP contribution in [0.2, 0.25) is 5.02 Å². The molecule has 2 unspecified atom stereocenters. The van der Waals surface area contributed by atoms with E-state index in [4.69, 9.17) is 22.1 Å². The van der Waals surface area contributed by atoms with Gasteiger partial charge in [0.2, 0.25) is 5.91 Å². The molecule has 5 heteroatoms. The highest BCUT2D eigenvalue weighted by Crippen LogP contribution is 2.19. The van der Waals surface area contributed by atoms with Gasteiger partial charge in [-0.15, -0.1) is 0 Å². The predicted molar refractivity (Wildman–Crippen MR) is 75.2 cm³/mol. The van der Waals surface area contributed by atoms with Crippen LogP contribution in [-0.2, 0) is 11.3 Å². The van der Waals surface area contributed by atoms with Gasteiger partial charge in [-0.1, -0.05) is 17.7 Å². The number of rotatable bonds is 4. The van der Waals surface area contributed by atoms with Gasteiger partial charge in [-0.05, 0) is 37.5 Å². The zero-order valence-corrected chi connectivity index (χ0v) is 11.7. The molecule has 0 radical (unpaired) electrons. The molecule has 0 aliphatic carbocycles. The Balaban J connectivity index is 1.94. The van der Waals surface area contributed by atoms with E-state index in [0.717, 1.165) is 25.0 Å². The number of halogens is 1. The van der Waals surface area contributed by atoms with Gasteiger partial charge in [-0.2, -0.15) is 0 Å². The summed E-state index contributed by atoms with van der Waals surface area (Å²) in [4.78, 5) is 11.0. The van der Waals surface area contributed by atoms with E-state index in [1.807, 2.05) is 6.07 Å². The van der Waals surface area contributed by atoms with Crippen molar-refractivity contribution in [1.82, 2.24) is 5.32 Å². The van der Waals surface area contributed by atoms with Gasteiger partial charge in [0.15, 0.2) is 0 Å². The third kappa shape index (κ3) is 3.93. The highest BCUT2D eigenvalue weighted by molar-refractivity contribution is 6.31. The van der Waals surface area contributed by atoms with Gasteiger partial charge in [0, 0.05) is 29.8 Å². The number of amides is 1. The number of ether oxygens (including phenoxy) is 1. The second kappa shape index (κ2) is 6.37. The topological polar surface area (TPSA) is 64.3 Å². The fourth-order valence-corrected chi connectivity index (χ4v) is 2.53. The zero-order chi connectivity index (χ0) is 13.8. The molecule has 1 aliphatic rings. The first-order valence-corrected chi connectivity index (χ1v) is 6.87. The van der Waals surface area contributed by atoms with Crippen molar-refractivity contribution in [3.05, 3.63) is 34.3 Å². The van der Waals surface area contributed by atoms with E-state index >= 15 is 0 Å².